The summed E-state index contributed by atoms with van der Waals surface area (Å²) in [5.74, 6) is 0.533. The third-order valence-electron chi connectivity index (χ3n) is 2.28. The van der Waals surface area contributed by atoms with E-state index in [4.69, 9.17) is 20.8 Å². The summed E-state index contributed by atoms with van der Waals surface area (Å²) in [4.78, 5) is 8.09. The number of aromatic nitrogens is 2. The highest BCUT2D eigenvalue weighted by molar-refractivity contribution is 9.10. The van der Waals surface area contributed by atoms with Crippen molar-refractivity contribution in [2.45, 2.75) is 11.8 Å². The monoisotopic (exact) mass is 316 g/mol. The van der Waals surface area contributed by atoms with E-state index in [1.54, 1.807) is 19.4 Å². The molecule has 1 atom stereocenters. The third-order valence-corrected chi connectivity index (χ3v) is 3.31. The van der Waals surface area contributed by atoms with Crippen molar-refractivity contribution in [1.82, 2.24) is 9.97 Å². The molecular weight excluding hydrogens is 307 g/mol. The lowest BCUT2D eigenvalue weighted by Crippen LogP contribution is -1.99. The number of hydrogen-bond acceptors (Lipinski definition) is 4. The van der Waals surface area contributed by atoms with Crippen LogP contribution < -0.4 is 4.74 Å². The van der Waals surface area contributed by atoms with Crippen LogP contribution >= 0.6 is 27.5 Å². The van der Waals surface area contributed by atoms with Crippen molar-refractivity contribution in [2.75, 3.05) is 7.11 Å². The Hall–Kier alpha value is -1.07. The van der Waals surface area contributed by atoms with Gasteiger partial charge in [-0.05, 0) is 22.0 Å². The van der Waals surface area contributed by atoms with Crippen LogP contribution in [0.2, 0.25) is 0 Å². The highest BCUT2D eigenvalue weighted by Gasteiger charge is 2.15. The lowest BCUT2D eigenvalue weighted by molar-refractivity contribution is 0.396. The Labute approximate surface area is 112 Å². The van der Waals surface area contributed by atoms with Gasteiger partial charge >= 0.3 is 0 Å². The van der Waals surface area contributed by atoms with Gasteiger partial charge in [-0.1, -0.05) is 0 Å². The Morgan fingerprint density at radius 3 is 3.00 bits per heavy atom. The maximum absolute atomic E-state index is 6.29. The quantitative estimate of drug-likeness (QED) is 0.811. The second-order valence-corrected chi connectivity index (χ2v) is 4.62. The van der Waals surface area contributed by atoms with Crippen molar-refractivity contribution in [3.63, 3.8) is 0 Å². The number of alkyl halides is 1. The summed E-state index contributed by atoms with van der Waals surface area (Å²) in [7, 11) is 1.57. The van der Waals surface area contributed by atoms with E-state index in [-0.39, 0.29) is 5.38 Å². The van der Waals surface area contributed by atoms with Crippen LogP contribution in [-0.4, -0.2) is 17.1 Å². The molecule has 2 aromatic rings. The average Bonchev–Trinajstić information content (AvgIpc) is 2.76. The van der Waals surface area contributed by atoms with E-state index in [1.165, 1.54) is 6.33 Å². The van der Waals surface area contributed by atoms with Crippen LogP contribution in [0.5, 0.6) is 5.88 Å². The van der Waals surface area contributed by atoms with Crippen LogP contribution in [0, 0.1) is 0 Å². The molecule has 0 saturated heterocycles. The number of nitrogens with zero attached hydrogens (tertiary/aromatic N) is 2. The molecule has 0 bridgehead atoms. The average molecular weight is 318 g/mol. The fourth-order valence-electron chi connectivity index (χ4n) is 1.42. The number of furan rings is 1. The molecule has 1 unspecified atom stereocenters. The van der Waals surface area contributed by atoms with Gasteiger partial charge in [-0.25, -0.2) is 9.97 Å². The Bertz CT molecular complexity index is 504. The molecular formula is C11H10BrClN2O2. The van der Waals surface area contributed by atoms with Crippen LogP contribution in [0.15, 0.2) is 33.8 Å². The van der Waals surface area contributed by atoms with Crippen molar-refractivity contribution >= 4 is 27.5 Å². The summed E-state index contributed by atoms with van der Waals surface area (Å²) in [5, 5.41) is -0.206. The van der Waals surface area contributed by atoms with Crippen LogP contribution in [0.1, 0.15) is 16.6 Å². The first kappa shape index (κ1) is 12.4. The first-order chi connectivity index (χ1) is 8.20. The van der Waals surface area contributed by atoms with Crippen molar-refractivity contribution in [3.8, 4) is 5.88 Å². The van der Waals surface area contributed by atoms with Crippen molar-refractivity contribution in [3.05, 3.63) is 40.7 Å². The Balaban J connectivity index is 2.13. The molecule has 0 aromatic carbocycles. The van der Waals surface area contributed by atoms with Gasteiger partial charge in [0.2, 0.25) is 5.88 Å². The summed E-state index contributed by atoms with van der Waals surface area (Å²) in [6, 6.07) is 3.60. The van der Waals surface area contributed by atoms with Gasteiger partial charge in [-0.2, -0.15) is 0 Å². The minimum atomic E-state index is -0.206. The number of ether oxygens (including phenoxy) is 1. The molecule has 0 amide bonds. The number of rotatable bonds is 4. The second kappa shape index (κ2) is 5.51. The van der Waals surface area contributed by atoms with Crippen molar-refractivity contribution in [2.24, 2.45) is 0 Å². The summed E-state index contributed by atoms with van der Waals surface area (Å²) in [6.07, 6.45) is 3.64. The van der Waals surface area contributed by atoms with Gasteiger partial charge in [0.15, 0.2) is 4.67 Å². The van der Waals surface area contributed by atoms with E-state index in [1.807, 2.05) is 6.07 Å². The Kier molecular flexibility index (Phi) is 4.02. The van der Waals surface area contributed by atoms with Crippen LogP contribution in [0.4, 0.5) is 0 Å². The van der Waals surface area contributed by atoms with E-state index in [0.29, 0.717) is 17.0 Å². The molecule has 4 nitrogen and oxygen atoms in total. The molecule has 2 aromatic heterocycles. The van der Waals surface area contributed by atoms with Gasteiger partial charge in [0, 0.05) is 23.7 Å². The Morgan fingerprint density at radius 2 is 2.35 bits per heavy atom. The van der Waals surface area contributed by atoms with Gasteiger partial charge in [0.05, 0.1) is 18.8 Å². The predicted octanol–water partition coefficient (Wildman–Crippen LogP) is 3.36. The van der Waals surface area contributed by atoms with Gasteiger partial charge in [-0.15, -0.1) is 11.6 Å². The first-order valence-corrected chi connectivity index (χ1v) is 6.15. The van der Waals surface area contributed by atoms with Crippen LogP contribution in [-0.2, 0) is 6.42 Å². The number of methoxy groups -OCH3 is 1. The molecule has 0 fully saturated rings. The van der Waals surface area contributed by atoms with E-state index < -0.39 is 0 Å². The molecule has 17 heavy (non-hydrogen) atoms. The zero-order chi connectivity index (χ0) is 12.3. The Morgan fingerprint density at radius 1 is 1.53 bits per heavy atom. The van der Waals surface area contributed by atoms with Gasteiger partial charge in [-0.3, -0.25) is 0 Å². The largest absolute Gasteiger partial charge is 0.481 e. The van der Waals surface area contributed by atoms with Gasteiger partial charge in [0.25, 0.3) is 0 Å². The maximum atomic E-state index is 6.29. The van der Waals surface area contributed by atoms with E-state index in [9.17, 15) is 0 Å². The SMILES string of the molecule is COc1cc(CC(Cl)c2ccoc2Br)ncn1. The van der Waals surface area contributed by atoms with E-state index >= 15 is 0 Å². The zero-order valence-corrected chi connectivity index (χ0v) is 11.4. The molecule has 2 rings (SSSR count). The van der Waals surface area contributed by atoms with Gasteiger partial charge in [0.1, 0.15) is 6.33 Å². The summed E-state index contributed by atoms with van der Waals surface area (Å²) in [5.41, 5.74) is 1.73. The lowest BCUT2D eigenvalue weighted by atomic mass is 10.1. The molecule has 0 aliphatic rings. The molecule has 0 aliphatic carbocycles. The first-order valence-electron chi connectivity index (χ1n) is 4.92. The standard InChI is InChI=1S/C11H10BrClN2O2/c1-16-10-5-7(14-6-15-10)4-9(13)8-2-3-17-11(8)12/h2-3,5-6,9H,4H2,1H3. The maximum Gasteiger partial charge on any atom is 0.216 e. The lowest BCUT2D eigenvalue weighted by Gasteiger charge is -2.07. The summed E-state index contributed by atoms with van der Waals surface area (Å²) < 4.78 is 10.8. The number of hydrogen-bond donors (Lipinski definition) is 0. The normalized spacial score (nSPS) is 12.4. The topological polar surface area (TPSA) is 48.2 Å². The van der Waals surface area contributed by atoms with Crippen molar-refractivity contribution in [1.29, 1.82) is 0 Å². The number of halogens is 2. The highest BCUT2D eigenvalue weighted by atomic mass is 79.9. The second-order valence-electron chi connectivity index (χ2n) is 3.37. The molecule has 90 valence electrons. The predicted molar refractivity (Wildman–Crippen MR) is 67.3 cm³/mol. The fourth-order valence-corrected chi connectivity index (χ4v) is 2.40. The molecule has 0 radical (unpaired) electrons. The molecule has 6 heteroatoms. The molecule has 0 N–H and O–H groups in total. The minimum absolute atomic E-state index is 0.206. The summed E-state index contributed by atoms with van der Waals surface area (Å²) >= 11 is 9.59. The molecule has 0 aliphatic heterocycles. The molecule has 2 heterocycles. The van der Waals surface area contributed by atoms with E-state index in [0.717, 1.165) is 11.3 Å². The zero-order valence-electron chi connectivity index (χ0n) is 9.06. The smallest absolute Gasteiger partial charge is 0.216 e. The fraction of sp³-hybridized carbons (Fsp3) is 0.273. The van der Waals surface area contributed by atoms with Crippen molar-refractivity contribution < 1.29 is 9.15 Å². The summed E-state index contributed by atoms with van der Waals surface area (Å²) in [6.45, 7) is 0. The van der Waals surface area contributed by atoms with Crippen LogP contribution in [0.25, 0.3) is 0 Å². The molecule has 0 spiro atoms. The highest BCUT2D eigenvalue weighted by Crippen LogP contribution is 2.31. The molecule has 0 saturated carbocycles. The van der Waals surface area contributed by atoms with Crippen LogP contribution in [0.3, 0.4) is 0 Å². The third kappa shape index (κ3) is 2.98. The minimum Gasteiger partial charge on any atom is -0.481 e. The van der Waals surface area contributed by atoms with E-state index in [2.05, 4.69) is 25.9 Å². The van der Waals surface area contributed by atoms with Gasteiger partial charge < -0.3 is 9.15 Å².